The molecular formula is C7H13N3O. The van der Waals surface area contributed by atoms with E-state index in [1.165, 1.54) is 0 Å². The minimum atomic E-state index is -0.629. The maximum absolute atomic E-state index is 9.32. The fourth-order valence-corrected chi connectivity index (χ4v) is 1.07. The van der Waals surface area contributed by atoms with Crippen LogP contribution in [0.15, 0.2) is 6.20 Å². The molecule has 1 unspecified atom stereocenters. The number of aliphatic hydroxyl groups excluding tert-OH is 1. The predicted molar refractivity (Wildman–Crippen MR) is 42.0 cm³/mol. The van der Waals surface area contributed by atoms with E-state index in [1.54, 1.807) is 4.68 Å². The largest absolute Gasteiger partial charge is 0.385 e. The van der Waals surface area contributed by atoms with Crippen LogP contribution < -0.4 is 5.73 Å². The van der Waals surface area contributed by atoms with E-state index in [0.29, 0.717) is 5.69 Å². The Morgan fingerprint density at radius 2 is 2.45 bits per heavy atom. The summed E-state index contributed by atoms with van der Waals surface area (Å²) in [4.78, 5) is 0. The highest BCUT2D eigenvalue weighted by molar-refractivity contribution is 5.17. The van der Waals surface area contributed by atoms with Crippen LogP contribution in [0.4, 0.5) is 0 Å². The van der Waals surface area contributed by atoms with Crippen LogP contribution in [0.3, 0.4) is 0 Å². The minimum Gasteiger partial charge on any atom is -0.385 e. The molecule has 3 N–H and O–H groups in total. The van der Waals surface area contributed by atoms with Crippen molar-refractivity contribution in [2.75, 3.05) is 6.54 Å². The maximum Gasteiger partial charge on any atom is 0.110 e. The van der Waals surface area contributed by atoms with Crippen LogP contribution in [0.5, 0.6) is 0 Å². The summed E-state index contributed by atoms with van der Waals surface area (Å²) in [6, 6.07) is 0. The van der Waals surface area contributed by atoms with E-state index >= 15 is 0 Å². The summed E-state index contributed by atoms with van der Waals surface area (Å²) < 4.78 is 1.67. The van der Waals surface area contributed by atoms with Gasteiger partial charge in [0.25, 0.3) is 0 Å². The Labute approximate surface area is 65.6 Å². The monoisotopic (exact) mass is 155 g/mol. The number of nitrogens with two attached hydrogens (primary N) is 1. The summed E-state index contributed by atoms with van der Waals surface area (Å²) in [5, 5.41) is 13.4. The first-order chi connectivity index (χ1) is 5.15. The van der Waals surface area contributed by atoms with Gasteiger partial charge in [0.1, 0.15) is 6.10 Å². The van der Waals surface area contributed by atoms with E-state index in [9.17, 15) is 5.11 Å². The van der Waals surface area contributed by atoms with Crippen molar-refractivity contribution in [2.24, 2.45) is 12.8 Å². The molecule has 0 aliphatic carbocycles. The highest BCUT2D eigenvalue weighted by atomic mass is 16.3. The van der Waals surface area contributed by atoms with E-state index in [-0.39, 0.29) is 6.54 Å². The Bertz CT molecular complexity index is 244. The number of hydrogen-bond acceptors (Lipinski definition) is 3. The number of hydrogen-bond donors (Lipinski definition) is 2. The van der Waals surface area contributed by atoms with Gasteiger partial charge < -0.3 is 10.8 Å². The van der Waals surface area contributed by atoms with Gasteiger partial charge in [0.05, 0.1) is 5.69 Å². The van der Waals surface area contributed by atoms with Gasteiger partial charge >= 0.3 is 0 Å². The average Bonchev–Trinajstić information content (AvgIpc) is 2.28. The van der Waals surface area contributed by atoms with Crippen molar-refractivity contribution in [3.8, 4) is 0 Å². The van der Waals surface area contributed by atoms with Gasteiger partial charge in [-0.2, -0.15) is 5.10 Å². The lowest BCUT2D eigenvalue weighted by molar-refractivity contribution is 0.180. The number of rotatable bonds is 2. The van der Waals surface area contributed by atoms with Gasteiger partial charge in [-0.3, -0.25) is 4.68 Å². The molecule has 0 fully saturated rings. The number of aliphatic hydroxyl groups is 1. The lowest BCUT2D eigenvalue weighted by atomic mass is 10.2. The molecule has 0 spiro atoms. The highest BCUT2D eigenvalue weighted by Gasteiger charge is 2.11. The van der Waals surface area contributed by atoms with Gasteiger partial charge in [-0.05, 0) is 12.5 Å². The number of nitrogens with zero attached hydrogens (tertiary/aromatic N) is 2. The van der Waals surface area contributed by atoms with E-state index in [1.807, 2.05) is 20.2 Å². The van der Waals surface area contributed by atoms with Crippen LogP contribution in [-0.2, 0) is 7.05 Å². The zero-order valence-corrected chi connectivity index (χ0v) is 6.78. The zero-order valence-electron chi connectivity index (χ0n) is 6.78. The van der Waals surface area contributed by atoms with Crippen LogP contribution in [0.25, 0.3) is 0 Å². The van der Waals surface area contributed by atoms with Gasteiger partial charge in [0.2, 0.25) is 0 Å². The third-order valence-electron chi connectivity index (χ3n) is 1.59. The van der Waals surface area contributed by atoms with Gasteiger partial charge in [-0.1, -0.05) is 0 Å². The molecule has 0 saturated carbocycles. The fraction of sp³-hybridized carbons (Fsp3) is 0.571. The molecular weight excluding hydrogens is 142 g/mol. The normalized spacial score (nSPS) is 13.5. The summed E-state index contributed by atoms with van der Waals surface area (Å²) in [5.74, 6) is 0. The smallest absolute Gasteiger partial charge is 0.110 e. The van der Waals surface area contributed by atoms with E-state index in [4.69, 9.17) is 5.73 Å². The van der Waals surface area contributed by atoms with Crippen molar-refractivity contribution in [1.82, 2.24) is 9.78 Å². The van der Waals surface area contributed by atoms with Crippen molar-refractivity contribution in [2.45, 2.75) is 13.0 Å². The third kappa shape index (κ3) is 1.58. The SMILES string of the molecule is Cc1cn(C)nc1C(O)CN. The lowest BCUT2D eigenvalue weighted by Gasteiger charge is -2.03. The van der Waals surface area contributed by atoms with Crippen molar-refractivity contribution in [3.63, 3.8) is 0 Å². The van der Waals surface area contributed by atoms with E-state index < -0.39 is 6.10 Å². The topological polar surface area (TPSA) is 64.1 Å². The van der Waals surface area contributed by atoms with E-state index in [0.717, 1.165) is 5.56 Å². The molecule has 0 aliphatic heterocycles. The number of aryl methyl sites for hydroxylation is 2. The molecule has 0 saturated heterocycles. The molecule has 4 heteroatoms. The average molecular weight is 155 g/mol. The molecule has 1 rings (SSSR count). The van der Waals surface area contributed by atoms with Gasteiger partial charge in [-0.15, -0.1) is 0 Å². The first-order valence-electron chi connectivity index (χ1n) is 3.53. The van der Waals surface area contributed by atoms with Crippen LogP contribution in [-0.4, -0.2) is 21.4 Å². The molecule has 0 radical (unpaired) electrons. The molecule has 1 aromatic heterocycles. The minimum absolute atomic E-state index is 0.220. The van der Waals surface area contributed by atoms with E-state index in [2.05, 4.69) is 5.10 Å². The molecule has 1 aromatic rings. The molecule has 0 aromatic carbocycles. The molecule has 1 atom stereocenters. The summed E-state index contributed by atoms with van der Waals surface area (Å²) >= 11 is 0. The zero-order chi connectivity index (χ0) is 8.43. The Kier molecular flexibility index (Phi) is 2.26. The molecule has 62 valence electrons. The number of aromatic nitrogens is 2. The Morgan fingerprint density at radius 1 is 1.82 bits per heavy atom. The molecule has 1 heterocycles. The molecule has 0 aliphatic rings. The molecule has 11 heavy (non-hydrogen) atoms. The van der Waals surface area contributed by atoms with Crippen molar-refractivity contribution in [3.05, 3.63) is 17.5 Å². The second-order valence-electron chi connectivity index (χ2n) is 2.62. The Balaban J connectivity index is 2.93. The first-order valence-corrected chi connectivity index (χ1v) is 3.53. The maximum atomic E-state index is 9.32. The lowest BCUT2D eigenvalue weighted by Crippen LogP contribution is -2.13. The Morgan fingerprint density at radius 3 is 2.82 bits per heavy atom. The van der Waals surface area contributed by atoms with Gasteiger partial charge in [-0.25, -0.2) is 0 Å². The summed E-state index contributed by atoms with van der Waals surface area (Å²) in [6.45, 7) is 2.12. The summed E-state index contributed by atoms with van der Waals surface area (Å²) in [7, 11) is 1.82. The quantitative estimate of drug-likeness (QED) is 0.617. The molecule has 4 nitrogen and oxygen atoms in total. The van der Waals surface area contributed by atoms with Crippen molar-refractivity contribution < 1.29 is 5.11 Å². The van der Waals surface area contributed by atoms with Crippen LogP contribution in [0.2, 0.25) is 0 Å². The second-order valence-corrected chi connectivity index (χ2v) is 2.62. The highest BCUT2D eigenvalue weighted by Crippen LogP contribution is 2.12. The Hall–Kier alpha value is -0.870. The summed E-state index contributed by atoms with van der Waals surface area (Å²) in [6.07, 6.45) is 1.23. The van der Waals surface area contributed by atoms with Crippen molar-refractivity contribution in [1.29, 1.82) is 0 Å². The van der Waals surface area contributed by atoms with Gasteiger partial charge in [0, 0.05) is 19.8 Å². The second kappa shape index (κ2) is 3.02. The summed E-state index contributed by atoms with van der Waals surface area (Å²) in [5.41, 5.74) is 6.94. The van der Waals surface area contributed by atoms with Crippen LogP contribution in [0.1, 0.15) is 17.4 Å². The fourth-order valence-electron chi connectivity index (χ4n) is 1.07. The molecule has 0 amide bonds. The molecule has 0 bridgehead atoms. The first kappa shape index (κ1) is 8.23. The third-order valence-corrected chi connectivity index (χ3v) is 1.59. The van der Waals surface area contributed by atoms with Gasteiger partial charge in [0.15, 0.2) is 0 Å². The van der Waals surface area contributed by atoms with Crippen LogP contribution in [0, 0.1) is 6.92 Å². The van der Waals surface area contributed by atoms with Crippen LogP contribution >= 0.6 is 0 Å². The van der Waals surface area contributed by atoms with Crippen molar-refractivity contribution >= 4 is 0 Å². The predicted octanol–water partition coefficient (Wildman–Crippen LogP) is -0.279. The standard InChI is InChI=1S/C7H13N3O/c1-5-4-10(2)9-7(5)6(11)3-8/h4,6,11H,3,8H2,1-2H3.